The maximum atomic E-state index is 12.5. The normalized spacial score (nSPS) is 14.2. The lowest BCUT2D eigenvalue weighted by Crippen LogP contribution is -2.27. The molecular formula is C17H19N5O2S. The van der Waals surface area contributed by atoms with Gasteiger partial charge in [-0.3, -0.25) is 9.36 Å². The van der Waals surface area contributed by atoms with Gasteiger partial charge in [0.1, 0.15) is 11.5 Å². The maximum Gasteiger partial charge on any atom is 0.268 e. The zero-order chi connectivity index (χ0) is 17.1. The second kappa shape index (κ2) is 7.10. The number of nitrogens with zero attached hydrogens (tertiary/aromatic N) is 4. The van der Waals surface area contributed by atoms with Crippen LogP contribution in [0.4, 0.5) is 5.13 Å². The molecule has 3 aromatic heterocycles. The molecule has 3 aromatic rings. The highest BCUT2D eigenvalue weighted by atomic mass is 32.1. The van der Waals surface area contributed by atoms with E-state index >= 15 is 0 Å². The minimum absolute atomic E-state index is 0.130. The molecule has 7 nitrogen and oxygen atoms in total. The van der Waals surface area contributed by atoms with E-state index in [0.717, 1.165) is 24.0 Å². The molecule has 1 amide bonds. The number of carbonyl (C=O) groups excluding carboxylic acids is 1. The van der Waals surface area contributed by atoms with Gasteiger partial charge in [-0.05, 0) is 37.1 Å². The number of hydrogen-bond donors (Lipinski definition) is 1. The van der Waals surface area contributed by atoms with Crippen molar-refractivity contribution >= 4 is 22.4 Å². The lowest BCUT2D eigenvalue weighted by atomic mass is 10.3. The van der Waals surface area contributed by atoms with E-state index in [-0.39, 0.29) is 5.91 Å². The van der Waals surface area contributed by atoms with Gasteiger partial charge in [0.25, 0.3) is 5.91 Å². The molecule has 0 saturated carbocycles. The standard InChI is InChI=1S/C17H19N5O2S/c23-15(18-8-7-13-5-4-12-24-13)14-6-3-11-22(14)17-20-19-16(25-17)21-9-1-2-10-21/h3-6,11-12H,1-2,7-10H2,(H,18,23). The van der Waals surface area contributed by atoms with Crippen LogP contribution < -0.4 is 10.2 Å². The Morgan fingerprint density at radius 3 is 2.84 bits per heavy atom. The third-order valence-electron chi connectivity index (χ3n) is 4.20. The van der Waals surface area contributed by atoms with Crippen LogP contribution in [-0.4, -0.2) is 40.3 Å². The monoisotopic (exact) mass is 357 g/mol. The van der Waals surface area contributed by atoms with Gasteiger partial charge >= 0.3 is 0 Å². The maximum absolute atomic E-state index is 12.5. The number of nitrogens with one attached hydrogen (secondary N) is 1. The SMILES string of the molecule is O=C(NCCc1ccco1)c1cccn1-c1nnc(N2CCCC2)s1. The minimum atomic E-state index is -0.130. The fraction of sp³-hybridized carbons (Fsp3) is 0.353. The highest BCUT2D eigenvalue weighted by Gasteiger charge is 2.19. The molecule has 0 unspecified atom stereocenters. The topological polar surface area (TPSA) is 76.2 Å². The van der Waals surface area contributed by atoms with Gasteiger partial charge in [0.2, 0.25) is 10.3 Å². The smallest absolute Gasteiger partial charge is 0.268 e. The minimum Gasteiger partial charge on any atom is -0.469 e. The van der Waals surface area contributed by atoms with Crippen LogP contribution in [0.3, 0.4) is 0 Å². The number of furan rings is 1. The van der Waals surface area contributed by atoms with Crippen LogP contribution in [0.25, 0.3) is 5.13 Å². The van der Waals surface area contributed by atoms with Crippen LogP contribution in [-0.2, 0) is 6.42 Å². The Balaban J connectivity index is 1.43. The molecule has 1 saturated heterocycles. The second-order valence-electron chi connectivity index (χ2n) is 5.91. The lowest BCUT2D eigenvalue weighted by molar-refractivity contribution is 0.0947. The molecule has 8 heteroatoms. The average molecular weight is 357 g/mol. The summed E-state index contributed by atoms with van der Waals surface area (Å²) in [6.07, 6.45) is 6.53. The number of rotatable bonds is 6. The van der Waals surface area contributed by atoms with E-state index in [1.165, 1.54) is 24.2 Å². The van der Waals surface area contributed by atoms with E-state index in [4.69, 9.17) is 4.42 Å². The van der Waals surface area contributed by atoms with E-state index in [1.54, 1.807) is 16.9 Å². The Bertz CT molecular complexity index is 833. The molecule has 0 aliphatic carbocycles. The summed E-state index contributed by atoms with van der Waals surface area (Å²) in [5.74, 6) is 0.726. The van der Waals surface area contributed by atoms with Crippen molar-refractivity contribution in [2.45, 2.75) is 19.3 Å². The second-order valence-corrected chi connectivity index (χ2v) is 6.84. The Labute approximate surface area is 149 Å². The summed E-state index contributed by atoms with van der Waals surface area (Å²) in [5, 5.41) is 13.1. The predicted molar refractivity (Wildman–Crippen MR) is 95.4 cm³/mol. The lowest BCUT2D eigenvalue weighted by Gasteiger charge is -2.11. The average Bonchev–Trinajstić information content (AvgIpc) is 3.42. The van der Waals surface area contributed by atoms with Gasteiger partial charge in [-0.15, -0.1) is 10.2 Å². The summed E-state index contributed by atoms with van der Waals surface area (Å²) in [6, 6.07) is 7.38. The van der Waals surface area contributed by atoms with Crippen molar-refractivity contribution < 1.29 is 9.21 Å². The molecule has 1 N–H and O–H groups in total. The molecule has 1 aliphatic rings. The van der Waals surface area contributed by atoms with Crippen LogP contribution in [0.1, 0.15) is 29.1 Å². The van der Waals surface area contributed by atoms with E-state index < -0.39 is 0 Å². The van der Waals surface area contributed by atoms with Crippen LogP contribution in [0.2, 0.25) is 0 Å². The number of amides is 1. The number of anilines is 1. The molecule has 130 valence electrons. The Kier molecular flexibility index (Phi) is 4.51. The summed E-state index contributed by atoms with van der Waals surface area (Å²) in [7, 11) is 0. The van der Waals surface area contributed by atoms with E-state index in [9.17, 15) is 4.79 Å². The van der Waals surface area contributed by atoms with Crippen LogP contribution in [0, 0.1) is 0 Å². The van der Waals surface area contributed by atoms with Gasteiger partial charge in [0.15, 0.2) is 0 Å². The quantitative estimate of drug-likeness (QED) is 0.733. The first kappa shape index (κ1) is 15.9. The molecule has 25 heavy (non-hydrogen) atoms. The Morgan fingerprint density at radius 2 is 2.04 bits per heavy atom. The highest BCUT2D eigenvalue weighted by Crippen LogP contribution is 2.27. The van der Waals surface area contributed by atoms with Gasteiger partial charge in [0.05, 0.1) is 6.26 Å². The highest BCUT2D eigenvalue weighted by molar-refractivity contribution is 7.17. The first-order chi connectivity index (χ1) is 12.3. The van der Waals surface area contributed by atoms with Crippen molar-refractivity contribution in [1.29, 1.82) is 0 Å². The third kappa shape index (κ3) is 3.43. The van der Waals surface area contributed by atoms with Gasteiger partial charge in [-0.1, -0.05) is 11.3 Å². The summed E-state index contributed by atoms with van der Waals surface area (Å²) < 4.78 is 7.06. The molecule has 4 rings (SSSR count). The molecule has 0 bridgehead atoms. The van der Waals surface area contributed by atoms with E-state index in [1.807, 2.05) is 24.4 Å². The summed E-state index contributed by atoms with van der Waals surface area (Å²) >= 11 is 1.51. The first-order valence-corrected chi connectivity index (χ1v) is 9.20. The largest absolute Gasteiger partial charge is 0.469 e. The number of aromatic nitrogens is 3. The van der Waals surface area contributed by atoms with Crippen molar-refractivity contribution in [3.63, 3.8) is 0 Å². The molecule has 0 aromatic carbocycles. The van der Waals surface area contributed by atoms with Gasteiger partial charge in [-0.2, -0.15) is 0 Å². The van der Waals surface area contributed by atoms with Crippen molar-refractivity contribution in [1.82, 2.24) is 20.1 Å². The molecule has 0 spiro atoms. The fourth-order valence-corrected chi connectivity index (χ4v) is 3.81. The number of hydrogen-bond acceptors (Lipinski definition) is 6. The number of carbonyl (C=O) groups is 1. The van der Waals surface area contributed by atoms with E-state index in [2.05, 4.69) is 20.4 Å². The Morgan fingerprint density at radius 1 is 1.20 bits per heavy atom. The van der Waals surface area contributed by atoms with Crippen molar-refractivity contribution in [2.75, 3.05) is 24.5 Å². The van der Waals surface area contributed by atoms with Crippen molar-refractivity contribution in [3.05, 3.63) is 48.2 Å². The first-order valence-electron chi connectivity index (χ1n) is 8.38. The predicted octanol–water partition coefficient (Wildman–Crippen LogP) is 2.49. The van der Waals surface area contributed by atoms with E-state index in [0.29, 0.717) is 23.8 Å². The van der Waals surface area contributed by atoms with Gasteiger partial charge < -0.3 is 14.6 Å². The summed E-state index contributed by atoms with van der Waals surface area (Å²) in [4.78, 5) is 14.7. The molecule has 0 radical (unpaired) electrons. The Hall–Kier alpha value is -2.61. The van der Waals surface area contributed by atoms with Crippen LogP contribution >= 0.6 is 11.3 Å². The third-order valence-corrected chi connectivity index (χ3v) is 5.19. The molecule has 0 atom stereocenters. The summed E-state index contributed by atoms with van der Waals surface area (Å²) in [6.45, 7) is 2.58. The fourth-order valence-electron chi connectivity index (χ4n) is 2.92. The zero-order valence-electron chi connectivity index (χ0n) is 13.7. The van der Waals surface area contributed by atoms with Gasteiger partial charge in [0, 0.05) is 32.3 Å². The molecule has 1 aliphatic heterocycles. The molecule has 4 heterocycles. The van der Waals surface area contributed by atoms with Crippen LogP contribution in [0.15, 0.2) is 41.1 Å². The van der Waals surface area contributed by atoms with Gasteiger partial charge in [-0.25, -0.2) is 0 Å². The molecule has 1 fully saturated rings. The van der Waals surface area contributed by atoms with Crippen molar-refractivity contribution in [3.8, 4) is 5.13 Å². The van der Waals surface area contributed by atoms with Crippen LogP contribution in [0.5, 0.6) is 0 Å². The zero-order valence-corrected chi connectivity index (χ0v) is 14.5. The summed E-state index contributed by atoms with van der Waals surface area (Å²) in [5.41, 5.74) is 0.559. The molecular weight excluding hydrogens is 338 g/mol. The van der Waals surface area contributed by atoms with Crippen molar-refractivity contribution in [2.24, 2.45) is 0 Å².